The van der Waals surface area contributed by atoms with Crippen molar-refractivity contribution < 1.29 is 9.53 Å². The Morgan fingerprint density at radius 1 is 1.44 bits per heavy atom. The van der Waals surface area contributed by atoms with Gasteiger partial charge in [0.25, 0.3) is 5.91 Å². The lowest BCUT2D eigenvalue weighted by atomic mass is 9.88. The highest BCUT2D eigenvalue weighted by Crippen LogP contribution is 2.39. The Labute approximate surface area is 152 Å². The lowest BCUT2D eigenvalue weighted by molar-refractivity contribution is -0.122. The molecule has 1 aliphatic rings. The minimum Gasteiger partial charge on any atom is -0.481 e. The number of nitrogens with one attached hydrogen (secondary N) is 1. The van der Waals surface area contributed by atoms with Gasteiger partial charge >= 0.3 is 0 Å². The number of hydrogen-bond acceptors (Lipinski definition) is 4. The molecule has 1 amide bonds. The Morgan fingerprint density at radius 2 is 2.20 bits per heavy atom. The largest absolute Gasteiger partial charge is 0.481 e. The molecule has 0 radical (unpaired) electrons. The monoisotopic (exact) mass is 354 g/mol. The van der Waals surface area contributed by atoms with Gasteiger partial charge in [0, 0.05) is 4.88 Å². The van der Waals surface area contributed by atoms with Gasteiger partial charge in [0.1, 0.15) is 16.8 Å². The van der Waals surface area contributed by atoms with Gasteiger partial charge in [-0.3, -0.25) is 4.79 Å². The van der Waals surface area contributed by atoms with Crippen molar-refractivity contribution in [2.24, 2.45) is 5.92 Å². The molecule has 3 rings (SSSR count). The fourth-order valence-corrected chi connectivity index (χ4v) is 4.50. The molecule has 0 bridgehead atoms. The number of thiophene rings is 1. The first-order valence-electron chi connectivity index (χ1n) is 8.69. The predicted octanol–water partition coefficient (Wildman–Crippen LogP) is 4.54. The first kappa shape index (κ1) is 17.5. The van der Waals surface area contributed by atoms with E-state index in [1.807, 2.05) is 37.3 Å². The van der Waals surface area contributed by atoms with Gasteiger partial charge in [-0.2, -0.15) is 5.26 Å². The summed E-state index contributed by atoms with van der Waals surface area (Å²) in [6.07, 6.45) is 2.99. The van der Waals surface area contributed by atoms with E-state index in [-0.39, 0.29) is 5.91 Å². The van der Waals surface area contributed by atoms with Crippen molar-refractivity contribution in [3.05, 3.63) is 46.3 Å². The molecule has 4 nitrogen and oxygen atoms in total. The number of anilines is 1. The standard InChI is InChI=1S/C20H22N2O2S/c1-3-17(24-14-7-5-4-6-8-14)19(23)22-20-16(12-21)15-10-9-13(2)11-18(15)25-20/h4-8,13,17H,3,9-11H2,1-2H3,(H,22,23)/t13-,17-/m0/s1. The molecule has 25 heavy (non-hydrogen) atoms. The molecule has 0 fully saturated rings. The molecule has 1 heterocycles. The minimum atomic E-state index is -0.577. The van der Waals surface area contributed by atoms with Crippen LogP contribution >= 0.6 is 11.3 Å². The Bertz CT molecular complexity index is 792. The van der Waals surface area contributed by atoms with Crippen LogP contribution in [-0.2, 0) is 17.6 Å². The smallest absolute Gasteiger partial charge is 0.266 e. The fraction of sp³-hybridized carbons (Fsp3) is 0.400. The zero-order valence-corrected chi connectivity index (χ0v) is 15.4. The second kappa shape index (κ2) is 7.71. The average molecular weight is 354 g/mol. The first-order valence-corrected chi connectivity index (χ1v) is 9.51. The maximum absolute atomic E-state index is 12.7. The molecule has 1 aliphatic carbocycles. The van der Waals surface area contributed by atoms with Crippen LogP contribution in [0.15, 0.2) is 30.3 Å². The number of rotatable bonds is 5. The van der Waals surface area contributed by atoms with Crippen molar-refractivity contribution in [2.45, 2.75) is 45.6 Å². The highest BCUT2D eigenvalue weighted by molar-refractivity contribution is 7.16. The number of nitrogens with zero attached hydrogens (tertiary/aromatic N) is 1. The van der Waals surface area contributed by atoms with E-state index >= 15 is 0 Å². The van der Waals surface area contributed by atoms with Crippen LogP contribution in [0.5, 0.6) is 5.75 Å². The second-order valence-corrected chi connectivity index (χ2v) is 7.59. The molecule has 5 heteroatoms. The number of amides is 1. The van der Waals surface area contributed by atoms with Crippen LogP contribution in [0.25, 0.3) is 0 Å². The Balaban J connectivity index is 1.77. The van der Waals surface area contributed by atoms with E-state index in [2.05, 4.69) is 18.3 Å². The summed E-state index contributed by atoms with van der Waals surface area (Å²) in [4.78, 5) is 13.9. The van der Waals surface area contributed by atoms with E-state index in [1.54, 1.807) is 11.3 Å². The molecule has 0 unspecified atom stereocenters. The molecule has 1 aromatic carbocycles. The quantitative estimate of drug-likeness (QED) is 0.857. The normalized spacial score (nSPS) is 17.2. The van der Waals surface area contributed by atoms with Crippen molar-refractivity contribution in [2.75, 3.05) is 5.32 Å². The van der Waals surface area contributed by atoms with Crippen LogP contribution < -0.4 is 10.1 Å². The minimum absolute atomic E-state index is 0.200. The number of carbonyl (C=O) groups excluding carboxylic acids is 1. The predicted molar refractivity (Wildman–Crippen MR) is 100 cm³/mol. The highest BCUT2D eigenvalue weighted by atomic mass is 32.1. The van der Waals surface area contributed by atoms with Gasteiger partial charge < -0.3 is 10.1 Å². The molecule has 0 saturated carbocycles. The van der Waals surface area contributed by atoms with E-state index < -0.39 is 6.10 Å². The van der Waals surface area contributed by atoms with Crippen LogP contribution in [0.2, 0.25) is 0 Å². The summed E-state index contributed by atoms with van der Waals surface area (Å²) in [5, 5.41) is 13.2. The van der Waals surface area contributed by atoms with Gasteiger partial charge in [0.15, 0.2) is 6.10 Å². The van der Waals surface area contributed by atoms with Crippen molar-refractivity contribution in [1.29, 1.82) is 5.26 Å². The molecule has 0 spiro atoms. The van der Waals surface area contributed by atoms with Crippen LogP contribution in [0.1, 0.15) is 42.7 Å². The van der Waals surface area contributed by atoms with Crippen molar-refractivity contribution in [1.82, 2.24) is 0 Å². The number of nitriles is 1. The zero-order valence-electron chi connectivity index (χ0n) is 14.5. The Hall–Kier alpha value is -2.32. The second-order valence-electron chi connectivity index (χ2n) is 6.48. The lowest BCUT2D eigenvalue weighted by Crippen LogP contribution is -2.32. The molecule has 2 atom stereocenters. The fourth-order valence-electron chi connectivity index (χ4n) is 3.14. The summed E-state index contributed by atoms with van der Waals surface area (Å²) in [5.41, 5.74) is 1.76. The maximum atomic E-state index is 12.7. The number of ether oxygens (including phenoxy) is 1. The van der Waals surface area contributed by atoms with Crippen molar-refractivity contribution in [3.63, 3.8) is 0 Å². The molecule has 2 aromatic rings. The van der Waals surface area contributed by atoms with Gasteiger partial charge in [0.05, 0.1) is 5.56 Å². The first-order chi connectivity index (χ1) is 12.1. The molecule has 130 valence electrons. The summed E-state index contributed by atoms with van der Waals surface area (Å²) < 4.78 is 5.80. The van der Waals surface area contributed by atoms with E-state index in [0.717, 1.165) is 24.8 Å². The van der Waals surface area contributed by atoms with Gasteiger partial charge in [-0.15, -0.1) is 11.3 Å². The molecule has 0 saturated heterocycles. The maximum Gasteiger partial charge on any atom is 0.266 e. The zero-order chi connectivity index (χ0) is 17.8. The van der Waals surface area contributed by atoms with E-state index in [9.17, 15) is 10.1 Å². The number of hydrogen-bond donors (Lipinski definition) is 1. The Morgan fingerprint density at radius 3 is 2.88 bits per heavy atom. The summed E-state index contributed by atoms with van der Waals surface area (Å²) in [7, 11) is 0. The molecule has 1 N–H and O–H groups in total. The van der Waals surface area contributed by atoms with Crippen molar-refractivity contribution in [3.8, 4) is 11.8 Å². The topological polar surface area (TPSA) is 62.1 Å². The van der Waals surface area contributed by atoms with Crippen molar-refractivity contribution >= 4 is 22.2 Å². The number of benzene rings is 1. The van der Waals surface area contributed by atoms with E-state index in [1.165, 1.54) is 4.88 Å². The summed E-state index contributed by atoms with van der Waals surface area (Å²) in [5.74, 6) is 1.10. The summed E-state index contributed by atoms with van der Waals surface area (Å²) >= 11 is 1.54. The van der Waals surface area contributed by atoms with Gasteiger partial charge in [-0.05, 0) is 49.3 Å². The van der Waals surface area contributed by atoms with E-state index in [4.69, 9.17) is 4.74 Å². The Kier molecular flexibility index (Phi) is 5.40. The lowest BCUT2D eigenvalue weighted by Gasteiger charge is -2.17. The average Bonchev–Trinajstić information content (AvgIpc) is 2.96. The van der Waals surface area contributed by atoms with Crippen LogP contribution in [-0.4, -0.2) is 12.0 Å². The summed E-state index contributed by atoms with van der Waals surface area (Å²) in [6.45, 7) is 4.15. The number of para-hydroxylation sites is 1. The third-order valence-electron chi connectivity index (χ3n) is 4.54. The van der Waals surface area contributed by atoms with Gasteiger partial charge in [-0.1, -0.05) is 32.0 Å². The molecule has 0 aliphatic heterocycles. The van der Waals surface area contributed by atoms with Crippen LogP contribution in [0, 0.1) is 17.2 Å². The third-order valence-corrected chi connectivity index (χ3v) is 5.71. The van der Waals surface area contributed by atoms with E-state index in [0.29, 0.717) is 28.7 Å². The van der Waals surface area contributed by atoms with Gasteiger partial charge in [-0.25, -0.2) is 0 Å². The number of fused-ring (bicyclic) bond motifs is 1. The number of carbonyl (C=O) groups is 1. The molecule has 1 aromatic heterocycles. The summed E-state index contributed by atoms with van der Waals surface area (Å²) in [6, 6.07) is 11.6. The highest BCUT2D eigenvalue weighted by Gasteiger charge is 2.26. The van der Waals surface area contributed by atoms with Gasteiger partial charge in [0.2, 0.25) is 0 Å². The van der Waals surface area contributed by atoms with Crippen LogP contribution in [0.4, 0.5) is 5.00 Å². The SMILES string of the molecule is CC[C@H](Oc1ccccc1)C(=O)Nc1sc2c(c1C#N)CC[C@H](C)C2. The molecular weight excluding hydrogens is 332 g/mol. The molecular formula is C20H22N2O2S. The third kappa shape index (κ3) is 3.85. The van der Waals surface area contributed by atoms with Crippen LogP contribution in [0.3, 0.4) is 0 Å².